The molecule has 0 aromatic heterocycles. The molecule has 2 atom stereocenters. The molecular formula is C15H24N2O4. The number of piperidine rings is 1. The van der Waals surface area contributed by atoms with Gasteiger partial charge in [0.05, 0.1) is 11.5 Å². The molecule has 2 unspecified atom stereocenters. The van der Waals surface area contributed by atoms with E-state index in [0.29, 0.717) is 25.7 Å². The molecular weight excluding hydrogens is 272 g/mol. The fraction of sp³-hybridized carbons (Fsp3) is 0.867. The summed E-state index contributed by atoms with van der Waals surface area (Å²) in [6.07, 6.45) is 6.02. The Hall–Kier alpha value is -1.30. The number of aliphatic hydroxyl groups is 1. The molecule has 0 aromatic rings. The summed E-state index contributed by atoms with van der Waals surface area (Å²) >= 11 is 0. The van der Waals surface area contributed by atoms with Crippen molar-refractivity contribution in [2.24, 2.45) is 5.41 Å². The van der Waals surface area contributed by atoms with Gasteiger partial charge in [-0.15, -0.1) is 0 Å². The summed E-state index contributed by atoms with van der Waals surface area (Å²) in [6, 6.07) is 0.0770. The quantitative estimate of drug-likeness (QED) is 0.733. The van der Waals surface area contributed by atoms with E-state index in [1.807, 2.05) is 4.90 Å². The van der Waals surface area contributed by atoms with Gasteiger partial charge in [-0.3, -0.25) is 4.79 Å². The van der Waals surface area contributed by atoms with Crippen molar-refractivity contribution in [1.29, 1.82) is 0 Å². The number of aliphatic hydroxyl groups excluding tert-OH is 1. The van der Waals surface area contributed by atoms with Gasteiger partial charge in [-0.25, -0.2) is 4.79 Å². The van der Waals surface area contributed by atoms with Gasteiger partial charge >= 0.3 is 12.0 Å². The Kier molecular flexibility index (Phi) is 3.82. The van der Waals surface area contributed by atoms with Gasteiger partial charge in [0.15, 0.2) is 0 Å². The maximum atomic E-state index is 12.4. The summed E-state index contributed by atoms with van der Waals surface area (Å²) < 4.78 is 0. The molecule has 3 N–H and O–H groups in total. The Balaban J connectivity index is 1.61. The van der Waals surface area contributed by atoms with Crippen LogP contribution in [0.4, 0.5) is 4.79 Å². The zero-order valence-electron chi connectivity index (χ0n) is 12.3. The normalized spacial score (nSPS) is 34.0. The van der Waals surface area contributed by atoms with Crippen LogP contribution >= 0.6 is 0 Å². The first-order valence-electron chi connectivity index (χ1n) is 7.99. The summed E-state index contributed by atoms with van der Waals surface area (Å²) in [7, 11) is 0. The van der Waals surface area contributed by atoms with E-state index in [0.717, 1.165) is 25.7 Å². The number of carbonyl (C=O) groups is 2. The number of carboxylic acids is 1. The standard InChI is InChI=1S/C15H24N2O4/c18-12-7-10-3-4-11(8-12)17(10)14(21)16-9-15(13(19)20)5-1-2-6-15/h10-12,18H,1-9H2,(H,16,21)(H,19,20). The molecule has 2 bridgehead atoms. The Morgan fingerprint density at radius 3 is 2.24 bits per heavy atom. The second-order valence-corrected chi connectivity index (χ2v) is 6.87. The van der Waals surface area contributed by atoms with E-state index in [9.17, 15) is 19.8 Å². The van der Waals surface area contributed by atoms with E-state index in [1.54, 1.807) is 0 Å². The molecule has 6 nitrogen and oxygen atoms in total. The summed E-state index contributed by atoms with van der Waals surface area (Å²) in [5, 5.41) is 22.1. The number of amides is 2. The van der Waals surface area contributed by atoms with Crippen molar-refractivity contribution in [2.75, 3.05) is 6.54 Å². The molecule has 0 spiro atoms. The van der Waals surface area contributed by atoms with E-state index >= 15 is 0 Å². The number of nitrogens with one attached hydrogen (secondary N) is 1. The van der Waals surface area contributed by atoms with Crippen LogP contribution in [0.3, 0.4) is 0 Å². The van der Waals surface area contributed by atoms with E-state index < -0.39 is 11.4 Å². The number of nitrogens with zero attached hydrogens (tertiary/aromatic N) is 1. The fourth-order valence-corrected chi connectivity index (χ4v) is 4.33. The number of rotatable bonds is 3. The Labute approximate surface area is 124 Å². The first kappa shape index (κ1) is 14.6. The predicted octanol–water partition coefficient (Wildman–Crippen LogP) is 1.33. The predicted molar refractivity (Wildman–Crippen MR) is 75.8 cm³/mol. The lowest BCUT2D eigenvalue weighted by molar-refractivity contribution is -0.148. The largest absolute Gasteiger partial charge is 0.481 e. The fourth-order valence-electron chi connectivity index (χ4n) is 4.33. The molecule has 2 amide bonds. The molecule has 0 radical (unpaired) electrons. The number of aliphatic carboxylic acids is 1. The van der Waals surface area contributed by atoms with E-state index in [1.165, 1.54) is 0 Å². The molecule has 2 aliphatic heterocycles. The zero-order valence-corrected chi connectivity index (χ0v) is 12.3. The molecule has 1 aliphatic carbocycles. The number of hydrogen-bond donors (Lipinski definition) is 3. The third-order valence-electron chi connectivity index (χ3n) is 5.54. The lowest BCUT2D eigenvalue weighted by atomic mass is 9.86. The maximum absolute atomic E-state index is 12.4. The van der Waals surface area contributed by atoms with E-state index in [-0.39, 0.29) is 30.8 Å². The molecule has 3 aliphatic rings. The van der Waals surface area contributed by atoms with Crippen LogP contribution < -0.4 is 5.32 Å². The van der Waals surface area contributed by atoms with Gasteiger partial charge in [-0.05, 0) is 38.5 Å². The molecule has 2 saturated heterocycles. The summed E-state index contributed by atoms with van der Waals surface area (Å²) in [6.45, 7) is 0.222. The summed E-state index contributed by atoms with van der Waals surface area (Å²) in [4.78, 5) is 25.8. The first-order valence-corrected chi connectivity index (χ1v) is 7.99. The third-order valence-corrected chi connectivity index (χ3v) is 5.54. The molecule has 1 saturated carbocycles. The molecule has 0 aromatic carbocycles. The van der Waals surface area contributed by atoms with Crippen LogP contribution in [-0.2, 0) is 4.79 Å². The second kappa shape index (κ2) is 5.48. The van der Waals surface area contributed by atoms with Crippen LogP contribution in [-0.4, -0.2) is 51.8 Å². The van der Waals surface area contributed by atoms with Gasteiger partial charge in [-0.1, -0.05) is 12.8 Å². The SMILES string of the molecule is O=C(NCC1(C(=O)O)CCCC1)N1C2CCC1CC(O)C2. The van der Waals surface area contributed by atoms with Crippen LogP contribution in [0.2, 0.25) is 0 Å². The van der Waals surface area contributed by atoms with Gasteiger partial charge in [-0.2, -0.15) is 0 Å². The number of carboxylic acid groups (broad SMARTS) is 1. The van der Waals surface area contributed by atoms with Crippen LogP contribution in [0, 0.1) is 5.41 Å². The van der Waals surface area contributed by atoms with Crippen LogP contribution in [0.25, 0.3) is 0 Å². The highest BCUT2D eigenvalue weighted by molar-refractivity contribution is 5.79. The Morgan fingerprint density at radius 2 is 1.71 bits per heavy atom. The molecule has 3 fully saturated rings. The van der Waals surface area contributed by atoms with Gasteiger partial charge in [0.25, 0.3) is 0 Å². The van der Waals surface area contributed by atoms with Gasteiger partial charge < -0.3 is 20.4 Å². The molecule has 118 valence electrons. The van der Waals surface area contributed by atoms with E-state index in [2.05, 4.69) is 5.32 Å². The number of carbonyl (C=O) groups excluding carboxylic acids is 1. The van der Waals surface area contributed by atoms with Crippen molar-refractivity contribution in [2.45, 2.75) is 69.6 Å². The highest BCUT2D eigenvalue weighted by Gasteiger charge is 2.45. The summed E-state index contributed by atoms with van der Waals surface area (Å²) in [5.74, 6) is -0.794. The van der Waals surface area contributed by atoms with Crippen LogP contribution in [0.15, 0.2) is 0 Å². The third kappa shape index (κ3) is 2.61. The van der Waals surface area contributed by atoms with Crippen LogP contribution in [0.5, 0.6) is 0 Å². The number of urea groups is 1. The molecule has 2 heterocycles. The zero-order chi connectivity index (χ0) is 15.0. The number of hydrogen-bond acceptors (Lipinski definition) is 3. The molecule has 21 heavy (non-hydrogen) atoms. The topological polar surface area (TPSA) is 89.9 Å². The smallest absolute Gasteiger partial charge is 0.317 e. The van der Waals surface area contributed by atoms with Crippen molar-refractivity contribution in [3.8, 4) is 0 Å². The molecule has 6 heteroatoms. The number of fused-ring (bicyclic) bond motifs is 2. The Bertz CT molecular complexity index is 419. The van der Waals surface area contributed by atoms with Crippen molar-refractivity contribution >= 4 is 12.0 Å². The lowest BCUT2D eigenvalue weighted by Gasteiger charge is -2.37. The Morgan fingerprint density at radius 1 is 1.14 bits per heavy atom. The lowest BCUT2D eigenvalue weighted by Crippen LogP contribution is -2.54. The highest BCUT2D eigenvalue weighted by Crippen LogP contribution is 2.39. The van der Waals surface area contributed by atoms with Gasteiger partial charge in [0, 0.05) is 18.6 Å². The highest BCUT2D eigenvalue weighted by atomic mass is 16.4. The van der Waals surface area contributed by atoms with Crippen molar-refractivity contribution in [3.05, 3.63) is 0 Å². The van der Waals surface area contributed by atoms with Crippen LogP contribution in [0.1, 0.15) is 51.4 Å². The van der Waals surface area contributed by atoms with Crippen molar-refractivity contribution < 1.29 is 19.8 Å². The monoisotopic (exact) mass is 296 g/mol. The van der Waals surface area contributed by atoms with Gasteiger partial charge in [0.1, 0.15) is 0 Å². The minimum atomic E-state index is -0.794. The average molecular weight is 296 g/mol. The first-order chi connectivity index (χ1) is 10.0. The van der Waals surface area contributed by atoms with E-state index in [4.69, 9.17) is 0 Å². The minimum absolute atomic E-state index is 0.114. The summed E-state index contributed by atoms with van der Waals surface area (Å²) in [5.41, 5.74) is -0.774. The molecule has 3 rings (SSSR count). The minimum Gasteiger partial charge on any atom is -0.481 e. The average Bonchev–Trinajstić information content (AvgIpc) is 3.01. The van der Waals surface area contributed by atoms with Gasteiger partial charge in [0.2, 0.25) is 0 Å². The maximum Gasteiger partial charge on any atom is 0.317 e. The van der Waals surface area contributed by atoms with Crippen molar-refractivity contribution in [3.63, 3.8) is 0 Å². The second-order valence-electron chi connectivity index (χ2n) is 6.87. The van der Waals surface area contributed by atoms with Crippen molar-refractivity contribution in [1.82, 2.24) is 10.2 Å².